The summed E-state index contributed by atoms with van der Waals surface area (Å²) in [7, 11) is -1.01. The molecule has 0 aliphatic carbocycles. The number of nitrogens with zero attached hydrogens (tertiary/aromatic N) is 1. The molecule has 2 heterocycles. The molecule has 1 atom stereocenters. The number of pyridine rings is 1. The predicted octanol–water partition coefficient (Wildman–Crippen LogP) is 5.60. The van der Waals surface area contributed by atoms with Crippen LogP contribution in [0.4, 0.5) is 4.39 Å². The Hall–Kier alpha value is -3.05. The Kier molecular flexibility index (Phi) is 4.92. The van der Waals surface area contributed by atoms with Gasteiger partial charge in [-0.1, -0.05) is 12.1 Å². The summed E-state index contributed by atoms with van der Waals surface area (Å²) in [5.41, 5.74) is 6.94. The summed E-state index contributed by atoms with van der Waals surface area (Å²) in [6, 6.07) is 18.2. The Balaban J connectivity index is 1.88. The quantitative estimate of drug-likeness (QED) is 0.493. The Morgan fingerprint density at radius 1 is 0.929 bits per heavy atom. The Morgan fingerprint density at radius 3 is 2.25 bits per heavy atom. The van der Waals surface area contributed by atoms with E-state index in [0.717, 1.165) is 44.1 Å². The summed E-state index contributed by atoms with van der Waals surface area (Å²) >= 11 is 0. The third kappa shape index (κ3) is 3.53. The molecule has 0 spiro atoms. The SMILES string of the molecule is Cc1cnccc1-c1cc(-c2ccc(S(C)=O)cc2)[nH]c1-c1ccc(F)cc1. The monoisotopic (exact) mass is 390 g/mol. The van der Waals surface area contributed by atoms with Gasteiger partial charge in [-0.05, 0) is 77.7 Å². The van der Waals surface area contributed by atoms with Crippen molar-refractivity contribution in [2.75, 3.05) is 6.26 Å². The van der Waals surface area contributed by atoms with Crippen LogP contribution >= 0.6 is 0 Å². The summed E-state index contributed by atoms with van der Waals surface area (Å²) in [5, 5.41) is 0. The van der Waals surface area contributed by atoms with Crippen molar-refractivity contribution in [3.8, 4) is 33.6 Å². The maximum Gasteiger partial charge on any atom is 0.123 e. The Bertz CT molecular complexity index is 1150. The van der Waals surface area contributed by atoms with Gasteiger partial charge in [0, 0.05) is 45.6 Å². The fourth-order valence-electron chi connectivity index (χ4n) is 3.27. The first-order chi connectivity index (χ1) is 13.5. The average molecular weight is 390 g/mol. The van der Waals surface area contributed by atoms with Crippen LogP contribution in [0, 0.1) is 12.7 Å². The third-order valence-corrected chi connectivity index (χ3v) is 5.69. The lowest BCUT2D eigenvalue weighted by molar-refractivity contribution is 0.628. The standard InChI is InChI=1S/C23H19FN2OS/c1-15-14-25-12-11-20(15)21-13-22(16-5-9-19(10-6-16)28(2)27)26-23(21)17-3-7-18(24)8-4-17/h3-14,26H,1-2H3. The molecule has 0 fully saturated rings. The second-order valence-corrected chi connectivity index (χ2v) is 8.03. The summed E-state index contributed by atoms with van der Waals surface area (Å²) in [4.78, 5) is 8.47. The highest BCUT2D eigenvalue weighted by molar-refractivity contribution is 7.84. The van der Waals surface area contributed by atoms with Crippen LogP contribution in [0.3, 0.4) is 0 Å². The van der Waals surface area contributed by atoms with Gasteiger partial charge < -0.3 is 4.98 Å². The Labute approximate surface area is 165 Å². The predicted molar refractivity (Wildman–Crippen MR) is 112 cm³/mol. The van der Waals surface area contributed by atoms with Crippen molar-refractivity contribution in [2.24, 2.45) is 0 Å². The zero-order valence-corrected chi connectivity index (χ0v) is 16.4. The van der Waals surface area contributed by atoms with E-state index in [-0.39, 0.29) is 5.82 Å². The number of hydrogen-bond acceptors (Lipinski definition) is 2. The molecule has 28 heavy (non-hydrogen) atoms. The van der Waals surface area contributed by atoms with Gasteiger partial charge in [0.05, 0.1) is 5.69 Å². The average Bonchev–Trinajstić information content (AvgIpc) is 3.14. The number of halogens is 1. The molecule has 0 aliphatic heterocycles. The van der Waals surface area contributed by atoms with Crippen LogP contribution in [0.25, 0.3) is 33.6 Å². The molecule has 1 N–H and O–H groups in total. The van der Waals surface area contributed by atoms with Crippen LogP contribution in [0.2, 0.25) is 0 Å². The van der Waals surface area contributed by atoms with Crippen molar-refractivity contribution in [3.05, 3.63) is 84.4 Å². The van der Waals surface area contributed by atoms with E-state index in [1.807, 2.05) is 43.5 Å². The lowest BCUT2D eigenvalue weighted by atomic mass is 9.99. The Morgan fingerprint density at radius 2 is 1.61 bits per heavy atom. The van der Waals surface area contributed by atoms with Crippen LogP contribution in [0.1, 0.15) is 5.56 Å². The van der Waals surface area contributed by atoms with E-state index in [4.69, 9.17) is 0 Å². The van der Waals surface area contributed by atoms with Gasteiger partial charge in [-0.25, -0.2) is 4.39 Å². The molecule has 140 valence electrons. The molecule has 0 saturated carbocycles. The molecule has 4 rings (SSSR count). The number of benzene rings is 2. The number of nitrogens with one attached hydrogen (secondary N) is 1. The molecule has 2 aromatic heterocycles. The molecular weight excluding hydrogens is 371 g/mol. The van der Waals surface area contributed by atoms with E-state index in [0.29, 0.717) is 0 Å². The number of aromatic nitrogens is 2. The van der Waals surface area contributed by atoms with Crippen molar-refractivity contribution < 1.29 is 8.60 Å². The molecule has 2 aromatic carbocycles. The molecule has 1 unspecified atom stereocenters. The topological polar surface area (TPSA) is 45.8 Å². The molecule has 3 nitrogen and oxygen atoms in total. The largest absolute Gasteiger partial charge is 0.354 e. The number of H-pyrrole nitrogens is 1. The first-order valence-corrected chi connectivity index (χ1v) is 10.4. The first kappa shape index (κ1) is 18.3. The molecule has 0 saturated heterocycles. The van der Waals surface area contributed by atoms with E-state index in [1.165, 1.54) is 12.1 Å². The first-order valence-electron chi connectivity index (χ1n) is 8.87. The summed E-state index contributed by atoms with van der Waals surface area (Å²) < 4.78 is 25.1. The van der Waals surface area contributed by atoms with E-state index in [2.05, 4.69) is 16.0 Å². The minimum absolute atomic E-state index is 0.264. The van der Waals surface area contributed by atoms with Gasteiger partial charge in [-0.2, -0.15) is 0 Å². The smallest absolute Gasteiger partial charge is 0.123 e. The highest BCUT2D eigenvalue weighted by Gasteiger charge is 2.15. The van der Waals surface area contributed by atoms with Gasteiger partial charge in [-0.3, -0.25) is 9.19 Å². The molecule has 0 bridgehead atoms. The highest BCUT2D eigenvalue weighted by atomic mass is 32.2. The van der Waals surface area contributed by atoms with E-state index >= 15 is 0 Å². The normalized spacial score (nSPS) is 12.1. The zero-order valence-electron chi connectivity index (χ0n) is 15.6. The van der Waals surface area contributed by atoms with Crippen LogP contribution in [-0.2, 0) is 10.8 Å². The van der Waals surface area contributed by atoms with Gasteiger partial charge in [0.15, 0.2) is 0 Å². The summed E-state index contributed by atoms with van der Waals surface area (Å²) in [5.74, 6) is -0.264. The summed E-state index contributed by atoms with van der Waals surface area (Å²) in [6.45, 7) is 2.02. The van der Waals surface area contributed by atoms with Crippen molar-refractivity contribution in [2.45, 2.75) is 11.8 Å². The molecule has 0 radical (unpaired) electrons. The van der Waals surface area contributed by atoms with Crippen LogP contribution < -0.4 is 0 Å². The number of rotatable bonds is 4. The zero-order chi connectivity index (χ0) is 19.7. The lowest BCUT2D eigenvalue weighted by Crippen LogP contribution is -1.87. The van der Waals surface area contributed by atoms with Crippen molar-refractivity contribution >= 4 is 10.8 Å². The van der Waals surface area contributed by atoms with E-state index in [1.54, 1.807) is 24.6 Å². The number of aromatic amines is 1. The fraction of sp³-hybridized carbons (Fsp3) is 0.0870. The van der Waals surface area contributed by atoms with Crippen LogP contribution in [-0.4, -0.2) is 20.4 Å². The van der Waals surface area contributed by atoms with Gasteiger partial charge in [0.2, 0.25) is 0 Å². The molecule has 4 aromatic rings. The maximum absolute atomic E-state index is 13.4. The lowest BCUT2D eigenvalue weighted by Gasteiger charge is -2.07. The number of hydrogen-bond donors (Lipinski definition) is 1. The van der Waals surface area contributed by atoms with Gasteiger partial charge in [0.25, 0.3) is 0 Å². The van der Waals surface area contributed by atoms with Crippen LogP contribution in [0.5, 0.6) is 0 Å². The van der Waals surface area contributed by atoms with Crippen molar-refractivity contribution in [3.63, 3.8) is 0 Å². The van der Waals surface area contributed by atoms with Crippen LogP contribution in [0.15, 0.2) is 78.0 Å². The third-order valence-electron chi connectivity index (χ3n) is 4.76. The molecule has 0 aliphatic rings. The van der Waals surface area contributed by atoms with Crippen molar-refractivity contribution in [1.29, 1.82) is 0 Å². The fourth-order valence-corrected chi connectivity index (χ4v) is 3.79. The maximum atomic E-state index is 13.4. The van der Waals surface area contributed by atoms with Gasteiger partial charge >= 0.3 is 0 Å². The minimum atomic E-state index is -1.01. The van der Waals surface area contributed by atoms with Crippen molar-refractivity contribution in [1.82, 2.24) is 9.97 Å². The van der Waals surface area contributed by atoms with Gasteiger partial charge in [-0.15, -0.1) is 0 Å². The summed E-state index contributed by atoms with van der Waals surface area (Å²) in [6.07, 6.45) is 5.28. The van der Waals surface area contributed by atoms with Gasteiger partial charge in [0.1, 0.15) is 5.82 Å². The van der Waals surface area contributed by atoms with E-state index in [9.17, 15) is 8.60 Å². The number of aryl methyl sites for hydroxylation is 1. The molecular formula is C23H19FN2OS. The second kappa shape index (κ2) is 7.52. The second-order valence-electron chi connectivity index (χ2n) is 6.65. The highest BCUT2D eigenvalue weighted by Crippen LogP contribution is 2.37. The minimum Gasteiger partial charge on any atom is -0.354 e. The molecule has 0 amide bonds. The van der Waals surface area contributed by atoms with E-state index < -0.39 is 10.8 Å². The molecule has 5 heteroatoms.